The molecule has 150 valence electrons. The van der Waals surface area contributed by atoms with Gasteiger partial charge < -0.3 is 20.0 Å². The summed E-state index contributed by atoms with van der Waals surface area (Å²) in [5.74, 6) is -0.307. The number of benzene rings is 1. The molecule has 0 radical (unpaired) electrons. The van der Waals surface area contributed by atoms with E-state index in [9.17, 15) is 14.4 Å². The van der Waals surface area contributed by atoms with E-state index in [1.54, 1.807) is 30.0 Å². The maximum absolute atomic E-state index is 12.8. The Morgan fingerprint density at radius 1 is 1.21 bits per heavy atom. The lowest BCUT2D eigenvalue weighted by molar-refractivity contribution is -0.135. The predicted molar refractivity (Wildman–Crippen MR) is 113 cm³/mol. The van der Waals surface area contributed by atoms with Crippen molar-refractivity contribution in [1.29, 1.82) is 0 Å². The Kier molecular flexibility index (Phi) is 8.59. The van der Waals surface area contributed by atoms with E-state index >= 15 is 0 Å². The Balaban J connectivity index is 1.98. The highest BCUT2D eigenvalue weighted by molar-refractivity contribution is 9.10. The molecule has 0 unspecified atom stereocenters. The van der Waals surface area contributed by atoms with Gasteiger partial charge in [0, 0.05) is 11.5 Å². The van der Waals surface area contributed by atoms with Crippen molar-refractivity contribution in [3.05, 3.63) is 52.9 Å². The van der Waals surface area contributed by atoms with Crippen LogP contribution in [0.15, 0.2) is 51.6 Å². The maximum atomic E-state index is 12.8. The summed E-state index contributed by atoms with van der Waals surface area (Å²) in [5, 5.41) is 5.45. The van der Waals surface area contributed by atoms with E-state index in [4.69, 9.17) is 4.42 Å². The minimum Gasteiger partial charge on any atom is -0.459 e. The highest BCUT2D eigenvalue weighted by Crippen LogP contribution is 2.21. The van der Waals surface area contributed by atoms with Crippen molar-refractivity contribution in [2.75, 3.05) is 30.9 Å². The number of amides is 3. The molecule has 2 N–H and O–H groups in total. The molecular weight excluding hydrogens is 446 g/mol. The number of hydrogen-bond acceptors (Lipinski definition) is 5. The molecule has 1 atom stereocenters. The van der Waals surface area contributed by atoms with E-state index in [0.29, 0.717) is 17.9 Å². The number of carbonyl (C=O) groups is 3. The van der Waals surface area contributed by atoms with Gasteiger partial charge in [0.25, 0.3) is 5.91 Å². The van der Waals surface area contributed by atoms with E-state index in [0.717, 1.165) is 4.47 Å². The molecule has 2 aromatic rings. The Labute approximate surface area is 176 Å². The van der Waals surface area contributed by atoms with Gasteiger partial charge in [0.1, 0.15) is 6.04 Å². The van der Waals surface area contributed by atoms with Crippen LogP contribution in [-0.2, 0) is 9.59 Å². The summed E-state index contributed by atoms with van der Waals surface area (Å²) in [6.45, 7) is -0.132. The summed E-state index contributed by atoms with van der Waals surface area (Å²) in [7, 11) is 1.53. The van der Waals surface area contributed by atoms with Crippen LogP contribution in [0.1, 0.15) is 17.0 Å². The number of hydrogen-bond donors (Lipinski definition) is 2. The van der Waals surface area contributed by atoms with Crippen molar-refractivity contribution < 1.29 is 18.8 Å². The molecule has 0 aliphatic heterocycles. The molecule has 1 aromatic heterocycles. The average Bonchev–Trinajstić information content (AvgIpc) is 3.21. The van der Waals surface area contributed by atoms with Crippen molar-refractivity contribution in [3.63, 3.8) is 0 Å². The SMILES string of the molecule is CSCC[C@H](NC(=O)c1ccco1)C(=O)N(C)CC(=O)Nc1ccccc1Br. The highest BCUT2D eigenvalue weighted by Gasteiger charge is 2.26. The summed E-state index contributed by atoms with van der Waals surface area (Å²) < 4.78 is 5.82. The van der Waals surface area contributed by atoms with Crippen molar-refractivity contribution in [2.45, 2.75) is 12.5 Å². The van der Waals surface area contributed by atoms with Crippen LogP contribution < -0.4 is 10.6 Å². The maximum Gasteiger partial charge on any atom is 0.287 e. The monoisotopic (exact) mass is 467 g/mol. The second-order valence-corrected chi connectivity index (χ2v) is 7.85. The van der Waals surface area contributed by atoms with E-state index < -0.39 is 11.9 Å². The molecular formula is C19H22BrN3O4S. The minimum absolute atomic E-state index is 0.132. The fourth-order valence-corrected chi connectivity index (χ4v) is 3.30. The molecule has 7 nitrogen and oxygen atoms in total. The van der Waals surface area contributed by atoms with Gasteiger partial charge in [-0.25, -0.2) is 0 Å². The van der Waals surface area contributed by atoms with Gasteiger partial charge in [-0.05, 0) is 58.6 Å². The zero-order chi connectivity index (χ0) is 20.5. The Bertz CT molecular complexity index is 813. The second kappa shape index (κ2) is 10.9. The molecule has 3 amide bonds. The van der Waals surface area contributed by atoms with Gasteiger partial charge in [0.2, 0.25) is 11.8 Å². The smallest absolute Gasteiger partial charge is 0.287 e. The quantitative estimate of drug-likeness (QED) is 0.591. The zero-order valence-corrected chi connectivity index (χ0v) is 18.0. The van der Waals surface area contributed by atoms with Crippen LogP contribution in [-0.4, -0.2) is 54.3 Å². The van der Waals surface area contributed by atoms with Crippen LogP contribution in [0, 0.1) is 0 Å². The molecule has 0 fully saturated rings. The van der Waals surface area contributed by atoms with Gasteiger partial charge in [-0.15, -0.1) is 0 Å². The molecule has 0 aliphatic carbocycles. The summed E-state index contributed by atoms with van der Waals surface area (Å²) in [6.07, 6.45) is 3.76. The summed E-state index contributed by atoms with van der Waals surface area (Å²) in [5.41, 5.74) is 0.624. The summed E-state index contributed by atoms with van der Waals surface area (Å²) in [4.78, 5) is 38.6. The van der Waals surface area contributed by atoms with Crippen LogP contribution in [0.3, 0.4) is 0 Å². The molecule has 0 saturated carbocycles. The molecule has 9 heteroatoms. The first-order valence-corrected chi connectivity index (χ1v) is 10.7. The molecule has 0 saturated heterocycles. The van der Waals surface area contributed by atoms with Crippen LogP contribution in [0.2, 0.25) is 0 Å². The number of thioether (sulfide) groups is 1. The number of anilines is 1. The molecule has 0 aliphatic rings. The fraction of sp³-hybridized carbons (Fsp3) is 0.316. The average molecular weight is 468 g/mol. The summed E-state index contributed by atoms with van der Waals surface area (Å²) in [6, 6.07) is 9.60. The first-order valence-electron chi connectivity index (χ1n) is 8.55. The third kappa shape index (κ3) is 6.42. The van der Waals surface area contributed by atoms with E-state index in [-0.39, 0.29) is 24.1 Å². The van der Waals surface area contributed by atoms with Crippen LogP contribution in [0.25, 0.3) is 0 Å². The largest absolute Gasteiger partial charge is 0.459 e. The molecule has 28 heavy (non-hydrogen) atoms. The Hall–Kier alpha value is -2.26. The normalized spacial score (nSPS) is 11.5. The topological polar surface area (TPSA) is 91.7 Å². The number of nitrogens with zero attached hydrogens (tertiary/aromatic N) is 1. The summed E-state index contributed by atoms with van der Waals surface area (Å²) >= 11 is 4.93. The standard InChI is InChI=1S/C19H22BrN3O4S/c1-23(12-17(24)21-14-7-4-3-6-13(14)20)19(26)15(9-11-28-2)22-18(25)16-8-5-10-27-16/h3-8,10,15H,9,11-12H2,1-2H3,(H,21,24)(H,22,25)/t15-/m0/s1. The molecule has 1 heterocycles. The number of likely N-dealkylation sites (N-methyl/N-ethyl adjacent to an activating group) is 1. The second-order valence-electron chi connectivity index (χ2n) is 6.01. The lowest BCUT2D eigenvalue weighted by Crippen LogP contribution is -2.49. The van der Waals surface area contributed by atoms with Crippen molar-refractivity contribution in [1.82, 2.24) is 10.2 Å². The van der Waals surface area contributed by atoms with Crippen molar-refractivity contribution in [2.24, 2.45) is 0 Å². The van der Waals surface area contributed by atoms with E-state index in [1.807, 2.05) is 18.4 Å². The third-order valence-electron chi connectivity index (χ3n) is 3.86. The third-order valence-corrected chi connectivity index (χ3v) is 5.20. The lowest BCUT2D eigenvalue weighted by atomic mass is 10.2. The van der Waals surface area contributed by atoms with Crippen LogP contribution in [0.4, 0.5) is 5.69 Å². The van der Waals surface area contributed by atoms with E-state index in [1.165, 1.54) is 24.3 Å². The number of furan rings is 1. The van der Waals surface area contributed by atoms with Gasteiger partial charge in [-0.2, -0.15) is 11.8 Å². The van der Waals surface area contributed by atoms with Gasteiger partial charge in [-0.3, -0.25) is 14.4 Å². The zero-order valence-electron chi connectivity index (χ0n) is 15.6. The number of nitrogens with one attached hydrogen (secondary N) is 2. The lowest BCUT2D eigenvalue weighted by Gasteiger charge is -2.24. The number of halogens is 1. The van der Waals surface area contributed by atoms with Crippen LogP contribution in [0.5, 0.6) is 0 Å². The fourth-order valence-electron chi connectivity index (χ4n) is 2.44. The van der Waals surface area contributed by atoms with Crippen LogP contribution >= 0.6 is 27.7 Å². The van der Waals surface area contributed by atoms with Gasteiger partial charge >= 0.3 is 0 Å². The number of rotatable bonds is 9. The number of carbonyl (C=O) groups excluding carboxylic acids is 3. The van der Waals surface area contributed by atoms with E-state index in [2.05, 4.69) is 26.6 Å². The first-order chi connectivity index (χ1) is 13.4. The predicted octanol–water partition coefficient (Wildman–Crippen LogP) is 2.99. The van der Waals surface area contributed by atoms with Gasteiger partial charge in [-0.1, -0.05) is 12.1 Å². The Morgan fingerprint density at radius 2 is 1.96 bits per heavy atom. The molecule has 2 rings (SSSR count). The molecule has 0 spiro atoms. The molecule has 1 aromatic carbocycles. The van der Waals surface area contributed by atoms with Gasteiger partial charge in [0.15, 0.2) is 5.76 Å². The highest BCUT2D eigenvalue weighted by atomic mass is 79.9. The first kappa shape index (κ1) is 22.0. The molecule has 0 bridgehead atoms. The number of para-hydroxylation sites is 1. The van der Waals surface area contributed by atoms with Gasteiger partial charge in [0.05, 0.1) is 18.5 Å². The Morgan fingerprint density at radius 3 is 2.61 bits per heavy atom. The van der Waals surface area contributed by atoms with Crippen molar-refractivity contribution in [3.8, 4) is 0 Å². The minimum atomic E-state index is -0.744. The van der Waals surface area contributed by atoms with Crippen molar-refractivity contribution >= 4 is 51.1 Å².